The number of hydrogen-bond acceptors (Lipinski definition) is 2. The Morgan fingerprint density at radius 3 is 2.23 bits per heavy atom. The molecule has 0 spiro atoms. The second-order valence-electron chi connectivity index (χ2n) is 6.37. The Kier molecular flexibility index (Phi) is 3.77. The SMILES string of the molecule is CC(NC(=O)N1C[C@H]2CC[C@H]2C1)(C(=O)O)c1ccc(Cl)cc1. The third-order valence-electron chi connectivity index (χ3n) is 4.98. The molecule has 2 fully saturated rings. The van der Waals surface area contributed by atoms with E-state index in [4.69, 9.17) is 11.6 Å². The number of fused-ring (bicyclic) bond motifs is 1. The third-order valence-corrected chi connectivity index (χ3v) is 5.23. The number of urea groups is 1. The molecule has 3 rings (SSSR count). The van der Waals surface area contributed by atoms with Gasteiger partial charge >= 0.3 is 12.0 Å². The van der Waals surface area contributed by atoms with Crippen molar-refractivity contribution in [1.29, 1.82) is 0 Å². The van der Waals surface area contributed by atoms with Crippen LogP contribution in [0.2, 0.25) is 5.02 Å². The zero-order valence-electron chi connectivity index (χ0n) is 12.4. The molecule has 6 heteroatoms. The van der Waals surface area contributed by atoms with Gasteiger partial charge in [0.2, 0.25) is 0 Å². The van der Waals surface area contributed by atoms with Gasteiger partial charge in [-0.05, 0) is 49.3 Å². The molecule has 0 radical (unpaired) electrons. The Labute approximate surface area is 134 Å². The van der Waals surface area contributed by atoms with Crippen LogP contribution in [0.4, 0.5) is 4.79 Å². The second kappa shape index (κ2) is 5.47. The summed E-state index contributed by atoms with van der Waals surface area (Å²) in [6, 6.07) is 6.20. The summed E-state index contributed by atoms with van der Waals surface area (Å²) in [6.45, 7) is 2.96. The normalized spacial score (nSPS) is 25.8. The van der Waals surface area contributed by atoms with Crippen molar-refractivity contribution in [3.8, 4) is 0 Å². The van der Waals surface area contributed by atoms with Crippen LogP contribution in [0.25, 0.3) is 0 Å². The Balaban J connectivity index is 1.77. The summed E-state index contributed by atoms with van der Waals surface area (Å²) in [5.41, 5.74) is -0.969. The van der Waals surface area contributed by atoms with E-state index in [-0.39, 0.29) is 6.03 Å². The van der Waals surface area contributed by atoms with E-state index in [2.05, 4.69) is 5.32 Å². The van der Waals surface area contributed by atoms with Crippen LogP contribution in [0.15, 0.2) is 24.3 Å². The minimum atomic E-state index is -1.47. The fourth-order valence-corrected chi connectivity index (χ4v) is 3.38. The van der Waals surface area contributed by atoms with Crippen molar-refractivity contribution < 1.29 is 14.7 Å². The fourth-order valence-electron chi connectivity index (χ4n) is 3.25. The highest BCUT2D eigenvalue weighted by Crippen LogP contribution is 2.40. The lowest BCUT2D eigenvalue weighted by Crippen LogP contribution is -2.53. The maximum absolute atomic E-state index is 12.4. The van der Waals surface area contributed by atoms with Crippen molar-refractivity contribution in [2.75, 3.05) is 13.1 Å². The molecule has 2 N–H and O–H groups in total. The van der Waals surface area contributed by atoms with Gasteiger partial charge in [-0.1, -0.05) is 23.7 Å². The van der Waals surface area contributed by atoms with Gasteiger partial charge < -0.3 is 15.3 Å². The van der Waals surface area contributed by atoms with Crippen LogP contribution < -0.4 is 5.32 Å². The molecule has 118 valence electrons. The van der Waals surface area contributed by atoms with E-state index in [1.54, 1.807) is 29.2 Å². The summed E-state index contributed by atoms with van der Waals surface area (Å²) in [5.74, 6) is 0.0973. The Morgan fingerprint density at radius 2 is 1.77 bits per heavy atom. The molecule has 1 unspecified atom stereocenters. The molecule has 1 aliphatic heterocycles. The van der Waals surface area contributed by atoms with Crippen molar-refractivity contribution in [3.63, 3.8) is 0 Å². The van der Waals surface area contributed by atoms with Crippen LogP contribution in [-0.4, -0.2) is 35.1 Å². The first-order chi connectivity index (χ1) is 10.4. The number of rotatable bonds is 3. The number of amides is 2. The van der Waals surface area contributed by atoms with E-state index in [1.807, 2.05) is 0 Å². The molecule has 1 aliphatic carbocycles. The zero-order chi connectivity index (χ0) is 15.9. The highest BCUT2D eigenvalue weighted by Gasteiger charge is 2.44. The van der Waals surface area contributed by atoms with E-state index in [0.717, 1.165) is 13.1 Å². The van der Waals surface area contributed by atoms with Crippen molar-refractivity contribution in [2.24, 2.45) is 11.8 Å². The monoisotopic (exact) mass is 322 g/mol. The molecule has 1 saturated carbocycles. The summed E-state index contributed by atoms with van der Waals surface area (Å²) in [4.78, 5) is 25.9. The number of hydrogen-bond donors (Lipinski definition) is 2. The number of carbonyl (C=O) groups excluding carboxylic acids is 1. The Bertz CT molecular complexity index is 592. The average molecular weight is 323 g/mol. The smallest absolute Gasteiger partial charge is 0.333 e. The largest absolute Gasteiger partial charge is 0.479 e. The lowest BCUT2D eigenvalue weighted by atomic mass is 9.77. The maximum Gasteiger partial charge on any atom is 0.333 e. The fraction of sp³-hybridized carbons (Fsp3) is 0.500. The highest BCUT2D eigenvalue weighted by atomic mass is 35.5. The van der Waals surface area contributed by atoms with E-state index in [0.29, 0.717) is 22.4 Å². The summed E-state index contributed by atoms with van der Waals surface area (Å²) in [7, 11) is 0. The molecule has 1 aromatic rings. The zero-order valence-corrected chi connectivity index (χ0v) is 13.1. The van der Waals surface area contributed by atoms with Gasteiger partial charge in [0, 0.05) is 18.1 Å². The van der Waals surface area contributed by atoms with Gasteiger partial charge in [-0.25, -0.2) is 9.59 Å². The van der Waals surface area contributed by atoms with Crippen molar-refractivity contribution in [1.82, 2.24) is 10.2 Å². The lowest BCUT2D eigenvalue weighted by Gasteiger charge is -2.29. The molecule has 22 heavy (non-hydrogen) atoms. The van der Waals surface area contributed by atoms with Gasteiger partial charge in [0.25, 0.3) is 0 Å². The summed E-state index contributed by atoms with van der Waals surface area (Å²) < 4.78 is 0. The molecular formula is C16H19ClN2O3. The van der Waals surface area contributed by atoms with Crippen molar-refractivity contribution in [2.45, 2.75) is 25.3 Å². The molecule has 0 bridgehead atoms. The minimum Gasteiger partial charge on any atom is -0.479 e. The molecular weight excluding hydrogens is 304 g/mol. The number of benzene rings is 1. The highest BCUT2D eigenvalue weighted by molar-refractivity contribution is 6.30. The number of carboxylic acid groups (broad SMARTS) is 1. The van der Waals surface area contributed by atoms with E-state index >= 15 is 0 Å². The van der Waals surface area contributed by atoms with Gasteiger partial charge in [-0.3, -0.25) is 0 Å². The van der Waals surface area contributed by atoms with Gasteiger partial charge in [0.15, 0.2) is 5.54 Å². The van der Waals surface area contributed by atoms with Gasteiger partial charge in [0.05, 0.1) is 0 Å². The predicted molar refractivity (Wildman–Crippen MR) is 82.8 cm³/mol. The van der Waals surface area contributed by atoms with Crippen molar-refractivity contribution >= 4 is 23.6 Å². The van der Waals surface area contributed by atoms with Crippen LogP contribution in [0.3, 0.4) is 0 Å². The minimum absolute atomic E-state index is 0.311. The lowest BCUT2D eigenvalue weighted by molar-refractivity contribution is -0.144. The van der Waals surface area contributed by atoms with Crippen LogP contribution in [-0.2, 0) is 10.3 Å². The number of nitrogens with one attached hydrogen (secondary N) is 1. The average Bonchev–Trinajstić information content (AvgIpc) is 2.74. The molecule has 1 aromatic carbocycles. The van der Waals surface area contributed by atoms with Gasteiger partial charge in [-0.2, -0.15) is 0 Å². The summed E-state index contributed by atoms with van der Waals surface area (Å²) in [6.07, 6.45) is 2.34. The first kappa shape index (κ1) is 15.2. The van der Waals surface area contributed by atoms with Crippen LogP contribution in [0, 0.1) is 11.8 Å². The number of carboxylic acids is 1. The van der Waals surface area contributed by atoms with Crippen LogP contribution in [0.1, 0.15) is 25.3 Å². The van der Waals surface area contributed by atoms with Crippen LogP contribution in [0.5, 0.6) is 0 Å². The molecule has 3 atom stereocenters. The quantitative estimate of drug-likeness (QED) is 0.899. The number of nitrogens with zero attached hydrogens (tertiary/aromatic N) is 1. The van der Waals surface area contributed by atoms with E-state index in [9.17, 15) is 14.7 Å². The van der Waals surface area contributed by atoms with Crippen LogP contribution >= 0.6 is 11.6 Å². The first-order valence-electron chi connectivity index (χ1n) is 7.46. The van der Waals surface area contributed by atoms with Gasteiger partial charge in [0.1, 0.15) is 0 Å². The van der Waals surface area contributed by atoms with Crippen molar-refractivity contribution in [3.05, 3.63) is 34.9 Å². The third kappa shape index (κ3) is 2.54. The topological polar surface area (TPSA) is 69.6 Å². The Hall–Kier alpha value is -1.75. The molecule has 2 amide bonds. The number of likely N-dealkylation sites (tertiary alicyclic amines) is 1. The Morgan fingerprint density at radius 1 is 1.23 bits per heavy atom. The van der Waals surface area contributed by atoms with Gasteiger partial charge in [-0.15, -0.1) is 0 Å². The maximum atomic E-state index is 12.4. The molecule has 1 heterocycles. The number of halogens is 1. The molecule has 2 aliphatic rings. The molecule has 5 nitrogen and oxygen atoms in total. The summed E-state index contributed by atoms with van der Waals surface area (Å²) >= 11 is 5.85. The second-order valence-corrected chi connectivity index (χ2v) is 6.81. The standard InChI is InChI=1S/C16H19ClN2O3/c1-16(14(20)21,12-4-6-13(17)7-5-12)18-15(22)19-8-10-2-3-11(10)9-19/h4-7,10-11H,2-3,8-9H2,1H3,(H,18,22)(H,20,21)/t10-,11+,16?. The molecule has 1 saturated heterocycles. The number of aliphatic carboxylic acids is 1. The summed E-state index contributed by atoms with van der Waals surface area (Å²) in [5, 5.41) is 12.8. The number of carbonyl (C=O) groups is 2. The molecule has 0 aromatic heterocycles. The predicted octanol–water partition coefficient (Wildman–Crippen LogP) is 2.69. The first-order valence-corrected chi connectivity index (χ1v) is 7.84. The van der Waals surface area contributed by atoms with E-state index in [1.165, 1.54) is 19.8 Å². The van der Waals surface area contributed by atoms with E-state index < -0.39 is 11.5 Å².